The zero-order valence-electron chi connectivity index (χ0n) is 23.1. The number of hydrogen-bond donors (Lipinski definition) is 3. The quantitative estimate of drug-likeness (QED) is 0.329. The van der Waals surface area contributed by atoms with Crippen LogP contribution in [0, 0.1) is 11.8 Å². The minimum Gasteiger partial charge on any atom is -0.475 e. The fourth-order valence-corrected chi connectivity index (χ4v) is 5.26. The van der Waals surface area contributed by atoms with Crippen molar-refractivity contribution in [3.05, 3.63) is 66.2 Å². The number of halogens is 3. The van der Waals surface area contributed by atoms with Gasteiger partial charge in [0.05, 0.1) is 18.9 Å². The number of imide groups is 1. The molecule has 2 aromatic carbocycles. The van der Waals surface area contributed by atoms with Crippen molar-refractivity contribution in [2.24, 2.45) is 11.8 Å². The van der Waals surface area contributed by atoms with E-state index in [1.165, 1.54) is 14.2 Å². The summed E-state index contributed by atoms with van der Waals surface area (Å²) >= 11 is 0. The van der Waals surface area contributed by atoms with Gasteiger partial charge in [-0.25, -0.2) is 9.59 Å². The number of esters is 1. The second-order valence-corrected chi connectivity index (χ2v) is 9.75. The smallest absolute Gasteiger partial charge is 0.475 e. The lowest BCUT2D eigenvalue weighted by Gasteiger charge is -2.33. The molecule has 2 aliphatic rings. The number of amides is 4. The van der Waals surface area contributed by atoms with Gasteiger partial charge in [-0.05, 0) is 24.6 Å². The molecule has 0 aromatic heterocycles. The van der Waals surface area contributed by atoms with E-state index in [0.29, 0.717) is 12.2 Å². The highest BCUT2D eigenvalue weighted by Gasteiger charge is 2.68. The largest absolute Gasteiger partial charge is 0.490 e. The van der Waals surface area contributed by atoms with Gasteiger partial charge in [0.2, 0.25) is 11.8 Å². The van der Waals surface area contributed by atoms with Crippen molar-refractivity contribution in [2.45, 2.75) is 31.1 Å². The monoisotopic (exact) mass is 592 g/mol. The highest BCUT2D eigenvalue weighted by molar-refractivity contribution is 6.09. The molecule has 14 heteroatoms. The Bertz CT molecular complexity index is 1310. The van der Waals surface area contributed by atoms with Gasteiger partial charge in [-0.1, -0.05) is 48.5 Å². The van der Waals surface area contributed by atoms with Crippen LogP contribution in [-0.4, -0.2) is 89.7 Å². The number of alkyl halides is 3. The summed E-state index contributed by atoms with van der Waals surface area (Å²) in [6, 6.07) is 17.4. The van der Waals surface area contributed by atoms with E-state index in [4.69, 9.17) is 14.6 Å². The summed E-state index contributed by atoms with van der Waals surface area (Å²) in [6.45, 7) is 2.34. The van der Waals surface area contributed by atoms with Crippen LogP contribution in [0.2, 0.25) is 0 Å². The SMILES string of the molecule is CCN(C[C@H]1N[C@@](Cc2ccccc2)(C(=O)OC)[C@H]2C(=O)N(C)C(=O)[C@@H]12)C(=O)Nc1ccccc1.O=C(O)C(F)(F)F. The molecule has 0 spiro atoms. The lowest BCUT2D eigenvalue weighted by molar-refractivity contribution is -0.192. The fourth-order valence-electron chi connectivity index (χ4n) is 5.26. The topological polar surface area (TPSA) is 145 Å². The number of methoxy groups -OCH3 is 1. The summed E-state index contributed by atoms with van der Waals surface area (Å²) < 4.78 is 36.9. The predicted octanol–water partition coefficient (Wildman–Crippen LogP) is 2.53. The minimum atomic E-state index is -5.08. The molecule has 2 heterocycles. The van der Waals surface area contributed by atoms with Crippen molar-refractivity contribution in [3.63, 3.8) is 0 Å². The Hall–Kier alpha value is -4.46. The normalized spacial score (nSPS) is 23.0. The summed E-state index contributed by atoms with van der Waals surface area (Å²) in [5.74, 6) is -5.88. The standard InChI is InChI=1S/C26H30N4O5.C2HF3O2/c1-4-30(25(34)27-18-13-9-6-10-14-18)16-19-20-21(23(32)29(2)22(20)31)26(28-19,24(33)35-3)15-17-11-7-5-8-12-17;3-2(4,5)1(6)7/h5-14,19-21,28H,4,15-16H2,1-3H3,(H,27,34);(H,6,7)/t19-,20+,21-,26-;/m1./s1. The summed E-state index contributed by atoms with van der Waals surface area (Å²) in [7, 11) is 2.71. The molecule has 4 rings (SSSR count). The van der Waals surface area contributed by atoms with Crippen LogP contribution in [0.3, 0.4) is 0 Å². The van der Waals surface area contributed by atoms with E-state index in [0.717, 1.165) is 10.5 Å². The number of urea groups is 1. The molecule has 0 radical (unpaired) electrons. The van der Waals surface area contributed by atoms with Crippen LogP contribution in [0.25, 0.3) is 0 Å². The van der Waals surface area contributed by atoms with Crippen molar-refractivity contribution in [2.75, 3.05) is 32.6 Å². The molecule has 4 atom stereocenters. The molecular weight excluding hydrogens is 561 g/mol. The lowest BCUT2D eigenvalue weighted by atomic mass is 9.76. The number of rotatable bonds is 7. The van der Waals surface area contributed by atoms with Crippen LogP contribution < -0.4 is 10.6 Å². The average molecular weight is 593 g/mol. The molecule has 0 saturated carbocycles. The van der Waals surface area contributed by atoms with E-state index in [1.807, 2.05) is 55.5 Å². The molecular formula is C28H31F3N4O7. The third-order valence-electron chi connectivity index (χ3n) is 7.21. The van der Waals surface area contributed by atoms with Crippen LogP contribution in [0.5, 0.6) is 0 Å². The molecule has 226 valence electrons. The third-order valence-corrected chi connectivity index (χ3v) is 7.21. The van der Waals surface area contributed by atoms with Crippen LogP contribution >= 0.6 is 0 Å². The number of carbonyl (C=O) groups excluding carboxylic acids is 4. The van der Waals surface area contributed by atoms with Gasteiger partial charge in [0, 0.05) is 38.3 Å². The van der Waals surface area contributed by atoms with E-state index >= 15 is 0 Å². The molecule has 2 fully saturated rings. The van der Waals surface area contributed by atoms with Crippen molar-refractivity contribution >= 4 is 35.5 Å². The number of carbonyl (C=O) groups is 5. The van der Waals surface area contributed by atoms with Crippen molar-refractivity contribution in [1.82, 2.24) is 15.1 Å². The van der Waals surface area contributed by atoms with Gasteiger partial charge < -0.3 is 20.1 Å². The summed E-state index contributed by atoms with van der Waals surface area (Å²) in [4.78, 5) is 64.3. The Balaban J connectivity index is 0.000000616. The number of likely N-dealkylation sites (N-methyl/N-ethyl adjacent to an activating group) is 1. The maximum absolute atomic E-state index is 13.3. The van der Waals surface area contributed by atoms with Crippen LogP contribution in [-0.2, 0) is 30.3 Å². The number of ether oxygens (including phenoxy) is 1. The Kier molecular flexibility index (Phi) is 9.94. The summed E-state index contributed by atoms with van der Waals surface area (Å²) in [6.07, 6.45) is -4.91. The first-order valence-corrected chi connectivity index (χ1v) is 12.9. The number of carboxylic acids is 1. The van der Waals surface area contributed by atoms with Gasteiger partial charge in [-0.15, -0.1) is 0 Å². The molecule has 2 aromatic rings. The number of carboxylic acid groups (broad SMARTS) is 1. The van der Waals surface area contributed by atoms with E-state index in [9.17, 15) is 32.3 Å². The number of benzene rings is 2. The van der Waals surface area contributed by atoms with Gasteiger partial charge in [-0.2, -0.15) is 13.2 Å². The zero-order valence-corrected chi connectivity index (χ0v) is 23.1. The van der Waals surface area contributed by atoms with E-state index < -0.39 is 47.4 Å². The number of para-hydroxylation sites is 1. The maximum Gasteiger partial charge on any atom is 0.490 e. The van der Waals surface area contributed by atoms with Crippen molar-refractivity contribution < 1.29 is 47.0 Å². The van der Waals surface area contributed by atoms with Gasteiger partial charge in [0.15, 0.2) is 0 Å². The second kappa shape index (κ2) is 13.0. The van der Waals surface area contributed by atoms with E-state index in [2.05, 4.69) is 10.6 Å². The first-order chi connectivity index (χ1) is 19.8. The summed E-state index contributed by atoms with van der Waals surface area (Å²) in [5, 5.41) is 13.3. The molecule has 11 nitrogen and oxygen atoms in total. The molecule has 4 amide bonds. The highest BCUT2D eigenvalue weighted by Crippen LogP contribution is 2.45. The number of nitrogens with zero attached hydrogens (tertiary/aromatic N) is 2. The molecule has 42 heavy (non-hydrogen) atoms. The highest BCUT2D eigenvalue weighted by atomic mass is 19.4. The van der Waals surface area contributed by atoms with Crippen molar-refractivity contribution in [3.8, 4) is 0 Å². The fraction of sp³-hybridized carbons (Fsp3) is 0.393. The Morgan fingerprint density at radius 2 is 1.60 bits per heavy atom. The first-order valence-electron chi connectivity index (χ1n) is 12.9. The Labute approximate surface area is 239 Å². The molecule has 2 aliphatic heterocycles. The van der Waals surface area contributed by atoms with E-state index in [1.54, 1.807) is 17.0 Å². The molecule has 0 bridgehead atoms. The van der Waals surface area contributed by atoms with Crippen LogP contribution in [0.15, 0.2) is 60.7 Å². The second-order valence-electron chi connectivity index (χ2n) is 9.75. The van der Waals surface area contributed by atoms with E-state index in [-0.39, 0.29) is 24.9 Å². The van der Waals surface area contributed by atoms with Gasteiger partial charge in [0.25, 0.3) is 0 Å². The van der Waals surface area contributed by atoms with Gasteiger partial charge >= 0.3 is 24.1 Å². The zero-order chi connectivity index (χ0) is 31.2. The average Bonchev–Trinajstić information content (AvgIpc) is 3.40. The molecule has 2 saturated heterocycles. The summed E-state index contributed by atoms with van der Waals surface area (Å²) in [5.41, 5.74) is 0.0416. The minimum absolute atomic E-state index is 0.136. The number of anilines is 1. The van der Waals surface area contributed by atoms with Gasteiger partial charge in [-0.3, -0.25) is 24.6 Å². The van der Waals surface area contributed by atoms with Crippen molar-refractivity contribution in [1.29, 1.82) is 0 Å². The number of hydrogen-bond acceptors (Lipinski definition) is 7. The Morgan fingerprint density at radius 3 is 2.10 bits per heavy atom. The number of likely N-dealkylation sites (tertiary alicyclic amines) is 1. The van der Waals surface area contributed by atoms with Gasteiger partial charge in [0.1, 0.15) is 5.54 Å². The Morgan fingerprint density at radius 1 is 1.05 bits per heavy atom. The maximum atomic E-state index is 13.3. The molecule has 0 unspecified atom stereocenters. The van der Waals surface area contributed by atoms with Crippen LogP contribution in [0.1, 0.15) is 12.5 Å². The number of nitrogens with one attached hydrogen (secondary N) is 2. The first kappa shape index (κ1) is 32.1. The molecule has 3 N–H and O–H groups in total. The lowest BCUT2D eigenvalue weighted by Crippen LogP contribution is -2.59. The van der Waals surface area contributed by atoms with Crippen LogP contribution in [0.4, 0.5) is 23.7 Å². The molecule has 0 aliphatic carbocycles. The number of aliphatic carboxylic acids is 1. The number of fused-ring (bicyclic) bond motifs is 1. The third kappa shape index (κ3) is 6.70. The predicted molar refractivity (Wildman–Crippen MR) is 143 cm³/mol.